The fraction of sp³-hybridized carbons (Fsp3) is 0.417. The van der Waals surface area contributed by atoms with Crippen LogP contribution in [0.5, 0.6) is 0 Å². The van der Waals surface area contributed by atoms with Crippen molar-refractivity contribution in [1.82, 2.24) is 4.31 Å². The average molecular weight is 487 g/mol. The minimum Gasteiger partial charge on any atom is -0.378 e. The van der Waals surface area contributed by atoms with Gasteiger partial charge in [-0.3, -0.25) is 9.59 Å². The highest BCUT2D eigenvalue weighted by Gasteiger charge is 2.32. The highest BCUT2D eigenvalue weighted by molar-refractivity contribution is 7.89. The molecule has 1 saturated heterocycles. The molecule has 0 radical (unpaired) electrons. The van der Waals surface area contributed by atoms with Crippen molar-refractivity contribution in [1.29, 1.82) is 0 Å². The van der Waals surface area contributed by atoms with Crippen LogP contribution in [-0.4, -0.2) is 63.9 Å². The van der Waals surface area contributed by atoms with E-state index in [0.29, 0.717) is 50.8 Å². The SMILES string of the molecule is CCN(CC)S(=O)(=O)c1ccc(N2CCOCC2)c(NC(=O)C2CC(=O)Nc3ccccc32)c1. The number of morpholine rings is 1. The van der Waals surface area contributed by atoms with Gasteiger partial charge in [-0.05, 0) is 29.8 Å². The summed E-state index contributed by atoms with van der Waals surface area (Å²) in [5.74, 6) is -1.26. The number of ether oxygens (including phenoxy) is 1. The highest BCUT2D eigenvalue weighted by Crippen LogP contribution is 2.35. The lowest BCUT2D eigenvalue weighted by Gasteiger charge is -2.32. The second-order valence-electron chi connectivity index (χ2n) is 8.25. The first-order valence-electron chi connectivity index (χ1n) is 11.5. The van der Waals surface area contributed by atoms with Gasteiger partial charge >= 0.3 is 0 Å². The first-order valence-corrected chi connectivity index (χ1v) is 13.0. The van der Waals surface area contributed by atoms with Crippen LogP contribution < -0.4 is 15.5 Å². The van der Waals surface area contributed by atoms with E-state index in [4.69, 9.17) is 4.74 Å². The van der Waals surface area contributed by atoms with Gasteiger partial charge in [-0.15, -0.1) is 0 Å². The number of fused-ring (bicyclic) bond motifs is 1. The Kier molecular flexibility index (Phi) is 7.20. The zero-order chi connectivity index (χ0) is 24.3. The third-order valence-corrected chi connectivity index (χ3v) is 8.28. The molecule has 2 aromatic carbocycles. The number of sulfonamides is 1. The quantitative estimate of drug-likeness (QED) is 0.623. The average Bonchev–Trinajstić information content (AvgIpc) is 2.84. The van der Waals surface area contributed by atoms with Gasteiger partial charge in [-0.1, -0.05) is 32.0 Å². The molecule has 2 amide bonds. The van der Waals surface area contributed by atoms with Gasteiger partial charge in [0, 0.05) is 38.3 Å². The van der Waals surface area contributed by atoms with Crippen LogP contribution >= 0.6 is 0 Å². The van der Waals surface area contributed by atoms with Gasteiger partial charge in [0.25, 0.3) is 0 Å². The molecule has 0 aliphatic carbocycles. The van der Waals surface area contributed by atoms with Crippen molar-refractivity contribution in [2.75, 3.05) is 54.9 Å². The smallest absolute Gasteiger partial charge is 0.243 e. The van der Waals surface area contributed by atoms with Gasteiger partial charge < -0.3 is 20.3 Å². The van der Waals surface area contributed by atoms with Gasteiger partial charge in [0.15, 0.2) is 0 Å². The Hall–Kier alpha value is -2.95. The van der Waals surface area contributed by atoms with Crippen LogP contribution in [-0.2, 0) is 24.3 Å². The summed E-state index contributed by atoms with van der Waals surface area (Å²) in [5, 5.41) is 5.74. The molecule has 9 nitrogen and oxygen atoms in total. The maximum absolute atomic E-state index is 13.4. The number of para-hydroxylation sites is 1. The Labute approximate surface area is 200 Å². The van der Waals surface area contributed by atoms with Gasteiger partial charge in [-0.2, -0.15) is 4.31 Å². The van der Waals surface area contributed by atoms with Crippen molar-refractivity contribution in [2.24, 2.45) is 0 Å². The lowest BCUT2D eigenvalue weighted by molar-refractivity contribution is -0.123. The Balaban J connectivity index is 1.71. The van der Waals surface area contributed by atoms with E-state index in [0.717, 1.165) is 11.3 Å². The second kappa shape index (κ2) is 10.1. The number of nitrogens with one attached hydrogen (secondary N) is 2. The number of hydrogen-bond acceptors (Lipinski definition) is 6. The molecule has 34 heavy (non-hydrogen) atoms. The van der Waals surface area contributed by atoms with Crippen LogP contribution in [0.25, 0.3) is 0 Å². The van der Waals surface area contributed by atoms with E-state index >= 15 is 0 Å². The zero-order valence-corrected chi connectivity index (χ0v) is 20.2. The number of carbonyl (C=O) groups is 2. The predicted molar refractivity (Wildman–Crippen MR) is 131 cm³/mol. The molecule has 0 saturated carbocycles. The van der Waals surface area contributed by atoms with Crippen LogP contribution in [0, 0.1) is 0 Å². The topological polar surface area (TPSA) is 108 Å². The van der Waals surface area contributed by atoms with Gasteiger partial charge in [0.2, 0.25) is 21.8 Å². The second-order valence-corrected chi connectivity index (χ2v) is 10.2. The first-order chi connectivity index (χ1) is 16.3. The lowest BCUT2D eigenvalue weighted by Crippen LogP contribution is -2.37. The maximum atomic E-state index is 13.4. The zero-order valence-electron chi connectivity index (χ0n) is 19.4. The summed E-state index contributed by atoms with van der Waals surface area (Å²) in [5.41, 5.74) is 2.48. The number of amides is 2. The maximum Gasteiger partial charge on any atom is 0.243 e. The standard InChI is InChI=1S/C24H30N4O5S/c1-3-28(4-2)34(31,32)17-9-10-22(27-11-13-33-14-12-27)21(15-17)26-24(30)19-16-23(29)25-20-8-6-5-7-18(19)20/h5-10,15,19H,3-4,11-14,16H2,1-2H3,(H,25,29)(H,26,30). The van der Waals surface area contributed by atoms with Crippen molar-refractivity contribution in [3.05, 3.63) is 48.0 Å². The van der Waals surface area contributed by atoms with E-state index in [2.05, 4.69) is 15.5 Å². The van der Waals surface area contributed by atoms with Crippen LogP contribution in [0.4, 0.5) is 17.1 Å². The third kappa shape index (κ3) is 4.79. The van der Waals surface area contributed by atoms with Gasteiger partial charge in [0.1, 0.15) is 0 Å². The normalized spacial score (nSPS) is 18.4. The van der Waals surface area contributed by atoms with Gasteiger partial charge in [0.05, 0.1) is 35.4 Å². The summed E-state index contributed by atoms with van der Waals surface area (Å²) >= 11 is 0. The number of benzene rings is 2. The van der Waals surface area contributed by atoms with Crippen LogP contribution in [0.3, 0.4) is 0 Å². The van der Waals surface area contributed by atoms with Crippen molar-refractivity contribution in [3.63, 3.8) is 0 Å². The Bertz CT molecular complexity index is 1170. The molecular weight excluding hydrogens is 456 g/mol. The van der Waals surface area contributed by atoms with Crippen LogP contribution in [0.2, 0.25) is 0 Å². The Morgan fingerprint density at radius 1 is 1.15 bits per heavy atom. The van der Waals surface area contributed by atoms with E-state index in [1.54, 1.807) is 38.1 Å². The molecule has 0 spiro atoms. The van der Waals surface area contributed by atoms with Crippen LogP contribution in [0.1, 0.15) is 31.7 Å². The number of nitrogens with zero attached hydrogens (tertiary/aromatic N) is 2. The molecule has 0 bridgehead atoms. The number of carbonyl (C=O) groups excluding carboxylic acids is 2. The van der Waals surface area contributed by atoms with E-state index in [1.165, 1.54) is 10.4 Å². The third-order valence-electron chi connectivity index (χ3n) is 6.24. The summed E-state index contributed by atoms with van der Waals surface area (Å²) in [6, 6.07) is 12.1. The van der Waals surface area contributed by atoms with Crippen molar-refractivity contribution in [2.45, 2.75) is 31.1 Å². The minimum atomic E-state index is -3.71. The van der Waals surface area contributed by atoms with Crippen LogP contribution in [0.15, 0.2) is 47.4 Å². The molecule has 2 aromatic rings. The summed E-state index contributed by atoms with van der Waals surface area (Å²) < 4.78 is 33.1. The molecule has 1 fully saturated rings. The van der Waals surface area contributed by atoms with Gasteiger partial charge in [-0.25, -0.2) is 8.42 Å². The molecule has 1 atom stereocenters. The number of anilines is 3. The Morgan fingerprint density at radius 3 is 2.56 bits per heavy atom. The van der Waals surface area contributed by atoms with E-state index in [-0.39, 0.29) is 23.1 Å². The Morgan fingerprint density at radius 2 is 1.85 bits per heavy atom. The molecule has 4 rings (SSSR count). The minimum absolute atomic E-state index is 0.0210. The molecule has 2 heterocycles. The largest absolute Gasteiger partial charge is 0.378 e. The van der Waals surface area contributed by atoms with E-state index in [1.807, 2.05) is 12.1 Å². The number of rotatable bonds is 7. The molecule has 2 aliphatic heterocycles. The molecule has 2 N–H and O–H groups in total. The summed E-state index contributed by atoms with van der Waals surface area (Å²) in [6.07, 6.45) is 0.0210. The highest BCUT2D eigenvalue weighted by atomic mass is 32.2. The van der Waals surface area contributed by atoms with E-state index in [9.17, 15) is 18.0 Å². The van der Waals surface area contributed by atoms with E-state index < -0.39 is 15.9 Å². The monoisotopic (exact) mass is 486 g/mol. The lowest BCUT2D eigenvalue weighted by atomic mass is 9.89. The summed E-state index contributed by atoms with van der Waals surface area (Å²) in [7, 11) is -3.71. The van der Waals surface area contributed by atoms with Crippen molar-refractivity contribution in [3.8, 4) is 0 Å². The fourth-order valence-corrected chi connectivity index (χ4v) is 5.92. The molecule has 182 valence electrons. The molecular formula is C24H30N4O5S. The predicted octanol–water partition coefficient (Wildman–Crippen LogP) is 2.62. The fourth-order valence-electron chi connectivity index (χ4n) is 4.43. The first kappa shape index (κ1) is 24.2. The summed E-state index contributed by atoms with van der Waals surface area (Å²) in [6.45, 7) is 6.61. The van der Waals surface area contributed by atoms with Crippen molar-refractivity contribution < 1.29 is 22.7 Å². The molecule has 2 aliphatic rings. The van der Waals surface area contributed by atoms with Crippen molar-refractivity contribution >= 4 is 38.9 Å². The molecule has 0 aromatic heterocycles. The molecule has 10 heteroatoms. The summed E-state index contributed by atoms with van der Waals surface area (Å²) in [4.78, 5) is 27.8. The number of hydrogen-bond donors (Lipinski definition) is 2. The molecule has 1 unspecified atom stereocenters.